The molecule has 0 radical (unpaired) electrons. The van der Waals surface area contributed by atoms with E-state index in [0.29, 0.717) is 22.5 Å². The Labute approximate surface area is 160 Å². The molecule has 1 unspecified atom stereocenters. The lowest BCUT2D eigenvalue weighted by Gasteiger charge is -2.10. The Kier molecular flexibility index (Phi) is 9.43. The average molecular weight is 403 g/mol. The number of benzene rings is 1. The summed E-state index contributed by atoms with van der Waals surface area (Å²) in [5.41, 5.74) is 6.90. The number of esters is 1. The van der Waals surface area contributed by atoms with Gasteiger partial charge in [-0.15, -0.1) is 22.6 Å². The van der Waals surface area contributed by atoms with Gasteiger partial charge in [0, 0.05) is 0 Å². The minimum atomic E-state index is -0.674. The SMILES string of the molecule is CCOC(=O)CSc1nnc(NC(=O)C(N)Cc2ccccc2)s1.Cl. The third-order valence-electron chi connectivity index (χ3n) is 2.89. The van der Waals surface area contributed by atoms with Crippen LogP contribution in [-0.4, -0.2) is 40.5 Å². The summed E-state index contributed by atoms with van der Waals surface area (Å²) in [5, 5.41) is 10.8. The van der Waals surface area contributed by atoms with Gasteiger partial charge < -0.3 is 10.5 Å². The minimum absolute atomic E-state index is 0. The number of carbonyl (C=O) groups is 2. The summed E-state index contributed by atoms with van der Waals surface area (Å²) in [4.78, 5) is 23.4. The minimum Gasteiger partial charge on any atom is -0.465 e. The molecule has 0 bridgehead atoms. The fourth-order valence-electron chi connectivity index (χ4n) is 1.80. The van der Waals surface area contributed by atoms with E-state index < -0.39 is 6.04 Å². The molecule has 2 rings (SSSR count). The maximum Gasteiger partial charge on any atom is 0.316 e. The summed E-state index contributed by atoms with van der Waals surface area (Å²) in [6.45, 7) is 2.09. The quantitative estimate of drug-likeness (QED) is 0.395. The van der Waals surface area contributed by atoms with Crippen molar-refractivity contribution in [2.75, 3.05) is 17.7 Å². The van der Waals surface area contributed by atoms with Crippen molar-refractivity contribution in [1.29, 1.82) is 0 Å². The Morgan fingerprint density at radius 3 is 2.72 bits per heavy atom. The van der Waals surface area contributed by atoms with Crippen molar-refractivity contribution in [3.05, 3.63) is 35.9 Å². The van der Waals surface area contributed by atoms with Gasteiger partial charge in [-0.25, -0.2) is 0 Å². The molecule has 0 saturated heterocycles. The zero-order chi connectivity index (χ0) is 17.4. The van der Waals surface area contributed by atoms with E-state index in [9.17, 15) is 9.59 Å². The van der Waals surface area contributed by atoms with Crippen LogP contribution in [0.1, 0.15) is 12.5 Å². The average Bonchev–Trinajstić information content (AvgIpc) is 3.01. The van der Waals surface area contributed by atoms with Crippen LogP contribution in [0.5, 0.6) is 0 Å². The molecule has 1 atom stereocenters. The lowest BCUT2D eigenvalue weighted by Crippen LogP contribution is -2.37. The molecule has 3 N–H and O–H groups in total. The first-order valence-corrected chi connectivity index (χ1v) is 9.11. The fourth-order valence-corrected chi connectivity index (χ4v) is 3.35. The van der Waals surface area contributed by atoms with Crippen LogP contribution in [0.4, 0.5) is 5.13 Å². The molecule has 25 heavy (non-hydrogen) atoms. The van der Waals surface area contributed by atoms with E-state index in [0.717, 1.165) is 5.56 Å². The monoisotopic (exact) mass is 402 g/mol. The standard InChI is InChI=1S/C15H18N4O3S2.ClH/c1-2-22-12(20)9-23-15-19-18-14(24-15)17-13(21)11(16)8-10-6-4-3-5-7-10;/h3-7,11H,2,8-9,16H2,1H3,(H,17,18,21);1H. The predicted octanol–water partition coefficient (Wildman–Crippen LogP) is 2.12. The molecule has 0 fully saturated rings. The number of halogens is 1. The van der Waals surface area contributed by atoms with Gasteiger partial charge in [0.25, 0.3) is 0 Å². The Hall–Kier alpha value is -1.68. The second-order valence-electron chi connectivity index (χ2n) is 4.75. The van der Waals surface area contributed by atoms with Crippen LogP contribution in [0.2, 0.25) is 0 Å². The van der Waals surface area contributed by atoms with E-state index in [1.807, 2.05) is 30.3 Å². The summed E-state index contributed by atoms with van der Waals surface area (Å²) in [6, 6.07) is 8.87. The van der Waals surface area contributed by atoms with Crippen LogP contribution in [0, 0.1) is 0 Å². The molecule has 0 spiro atoms. The van der Waals surface area contributed by atoms with Crippen molar-refractivity contribution in [2.24, 2.45) is 5.73 Å². The second-order valence-corrected chi connectivity index (χ2v) is 6.95. The number of nitrogens with one attached hydrogen (secondary N) is 1. The van der Waals surface area contributed by atoms with Crippen molar-refractivity contribution < 1.29 is 14.3 Å². The molecular formula is C15H19ClN4O3S2. The van der Waals surface area contributed by atoms with Gasteiger partial charge in [-0.05, 0) is 18.9 Å². The van der Waals surface area contributed by atoms with E-state index in [2.05, 4.69) is 15.5 Å². The van der Waals surface area contributed by atoms with Gasteiger partial charge >= 0.3 is 5.97 Å². The molecule has 10 heteroatoms. The summed E-state index contributed by atoms with van der Waals surface area (Å²) >= 11 is 2.41. The lowest BCUT2D eigenvalue weighted by molar-refractivity contribution is -0.139. The molecule has 0 aliphatic rings. The Balaban J connectivity index is 0.00000312. The van der Waals surface area contributed by atoms with Crippen LogP contribution < -0.4 is 11.1 Å². The zero-order valence-electron chi connectivity index (χ0n) is 13.5. The normalized spacial score (nSPS) is 11.3. The lowest BCUT2D eigenvalue weighted by atomic mass is 10.1. The number of hydrogen-bond acceptors (Lipinski definition) is 8. The van der Waals surface area contributed by atoms with Gasteiger partial charge in [-0.2, -0.15) is 0 Å². The Morgan fingerprint density at radius 1 is 1.32 bits per heavy atom. The molecule has 1 heterocycles. The van der Waals surface area contributed by atoms with E-state index in [1.165, 1.54) is 23.1 Å². The second kappa shape index (κ2) is 11.0. The highest BCUT2D eigenvalue weighted by molar-refractivity contribution is 8.01. The highest BCUT2D eigenvalue weighted by atomic mass is 35.5. The molecule has 0 aliphatic heterocycles. The molecular weight excluding hydrogens is 384 g/mol. The number of rotatable bonds is 8. The first kappa shape index (κ1) is 21.4. The van der Waals surface area contributed by atoms with Crippen LogP contribution in [0.3, 0.4) is 0 Å². The van der Waals surface area contributed by atoms with Gasteiger partial charge in [0.05, 0.1) is 18.4 Å². The van der Waals surface area contributed by atoms with Crippen LogP contribution in [0.15, 0.2) is 34.7 Å². The van der Waals surface area contributed by atoms with Crippen molar-refractivity contribution in [3.63, 3.8) is 0 Å². The number of nitrogens with two attached hydrogens (primary N) is 1. The van der Waals surface area contributed by atoms with Gasteiger partial charge in [0.1, 0.15) is 0 Å². The molecule has 7 nitrogen and oxygen atoms in total. The highest BCUT2D eigenvalue weighted by Crippen LogP contribution is 2.25. The van der Waals surface area contributed by atoms with Gasteiger partial charge in [-0.1, -0.05) is 53.4 Å². The van der Waals surface area contributed by atoms with Crippen molar-refractivity contribution in [2.45, 2.75) is 23.7 Å². The van der Waals surface area contributed by atoms with Gasteiger partial charge in [0.2, 0.25) is 11.0 Å². The van der Waals surface area contributed by atoms with E-state index in [1.54, 1.807) is 6.92 Å². The number of amides is 1. The molecule has 136 valence electrons. The summed E-state index contributed by atoms with van der Waals surface area (Å²) in [6.07, 6.45) is 0.440. The van der Waals surface area contributed by atoms with Gasteiger partial charge in [0.15, 0.2) is 4.34 Å². The highest BCUT2D eigenvalue weighted by Gasteiger charge is 2.16. The number of thioether (sulfide) groups is 1. The van der Waals surface area contributed by atoms with Gasteiger partial charge in [-0.3, -0.25) is 14.9 Å². The van der Waals surface area contributed by atoms with Crippen LogP contribution in [0.25, 0.3) is 0 Å². The molecule has 1 aromatic heterocycles. The van der Waals surface area contributed by atoms with Crippen molar-refractivity contribution in [1.82, 2.24) is 10.2 Å². The smallest absolute Gasteiger partial charge is 0.316 e. The predicted molar refractivity (Wildman–Crippen MR) is 101 cm³/mol. The molecule has 2 aromatic rings. The number of ether oxygens (including phenoxy) is 1. The topological polar surface area (TPSA) is 107 Å². The third-order valence-corrected chi connectivity index (χ3v) is 4.84. The summed E-state index contributed by atoms with van der Waals surface area (Å²) < 4.78 is 5.41. The first-order chi connectivity index (χ1) is 11.6. The van der Waals surface area contributed by atoms with Crippen LogP contribution >= 0.6 is 35.5 Å². The Morgan fingerprint density at radius 2 is 2.04 bits per heavy atom. The third kappa shape index (κ3) is 7.39. The van der Waals surface area contributed by atoms with Crippen LogP contribution in [-0.2, 0) is 20.7 Å². The number of aromatic nitrogens is 2. The molecule has 1 amide bonds. The number of carbonyl (C=O) groups excluding carboxylic acids is 2. The maximum absolute atomic E-state index is 12.1. The molecule has 0 saturated carbocycles. The number of nitrogens with zero attached hydrogens (tertiary/aromatic N) is 2. The Bertz CT molecular complexity index is 684. The van der Waals surface area contributed by atoms with Crippen molar-refractivity contribution in [3.8, 4) is 0 Å². The molecule has 0 aliphatic carbocycles. The summed E-state index contributed by atoms with van der Waals surface area (Å²) in [5.74, 6) is -0.477. The molecule has 1 aromatic carbocycles. The number of hydrogen-bond donors (Lipinski definition) is 2. The maximum atomic E-state index is 12.1. The summed E-state index contributed by atoms with van der Waals surface area (Å²) in [7, 11) is 0. The first-order valence-electron chi connectivity index (χ1n) is 7.30. The van der Waals surface area contributed by atoms with E-state index >= 15 is 0 Å². The fraction of sp³-hybridized carbons (Fsp3) is 0.333. The number of anilines is 1. The largest absolute Gasteiger partial charge is 0.465 e. The zero-order valence-corrected chi connectivity index (χ0v) is 16.0. The van der Waals surface area contributed by atoms with E-state index in [4.69, 9.17) is 10.5 Å². The van der Waals surface area contributed by atoms with E-state index in [-0.39, 0.29) is 30.0 Å². The van der Waals surface area contributed by atoms with Crippen molar-refractivity contribution >= 4 is 52.5 Å².